The molecule has 4 atom stereocenters. The number of hydrazine groups is 1. The molecule has 3 heterocycles. The van der Waals surface area contributed by atoms with E-state index in [1.165, 1.54) is 17.1 Å². The van der Waals surface area contributed by atoms with E-state index in [-0.39, 0.29) is 25.2 Å². The van der Waals surface area contributed by atoms with E-state index in [4.69, 9.17) is 9.47 Å². The normalized spacial score (nSPS) is 27.5. The molecule has 4 rings (SSSR count). The fourth-order valence-corrected chi connectivity index (χ4v) is 4.38. The second-order valence-corrected chi connectivity index (χ2v) is 8.20. The number of amides is 4. The van der Waals surface area contributed by atoms with E-state index in [0.717, 1.165) is 0 Å². The Morgan fingerprint density at radius 2 is 1.85 bits per heavy atom. The van der Waals surface area contributed by atoms with E-state index in [0.29, 0.717) is 24.9 Å². The average molecular weight is 458 g/mol. The fourth-order valence-electron chi connectivity index (χ4n) is 4.38. The van der Waals surface area contributed by atoms with Crippen LogP contribution in [0.1, 0.15) is 42.5 Å². The molecule has 1 aromatic rings. The van der Waals surface area contributed by atoms with Crippen molar-refractivity contribution >= 4 is 29.6 Å². The van der Waals surface area contributed by atoms with Crippen molar-refractivity contribution in [3.05, 3.63) is 35.9 Å². The summed E-state index contributed by atoms with van der Waals surface area (Å²) in [6.45, 7) is 0.305. The summed E-state index contributed by atoms with van der Waals surface area (Å²) in [5.41, 5.74) is 0.391. The number of hydrogen-bond donors (Lipinski definition) is 2. The van der Waals surface area contributed by atoms with Crippen molar-refractivity contribution < 1.29 is 33.4 Å². The molecular formula is C22H26N4O7. The number of benzene rings is 1. The molecule has 3 fully saturated rings. The van der Waals surface area contributed by atoms with Gasteiger partial charge in [-0.15, -0.1) is 0 Å². The molecule has 2 N–H and O–H groups in total. The largest absolute Gasteiger partial charge is 0.433 e. The maximum Gasteiger partial charge on any atom is 0.310 e. The lowest BCUT2D eigenvalue weighted by Crippen LogP contribution is -2.64. The lowest BCUT2D eigenvalue weighted by atomic mass is 10.0. The molecule has 0 aliphatic carbocycles. The van der Waals surface area contributed by atoms with E-state index < -0.39 is 48.1 Å². The Labute approximate surface area is 190 Å². The first-order valence-corrected chi connectivity index (χ1v) is 10.9. The predicted octanol–water partition coefficient (Wildman–Crippen LogP) is -0.282. The molecule has 2 unspecified atom stereocenters. The number of hydrogen-bond acceptors (Lipinski definition) is 7. The van der Waals surface area contributed by atoms with Crippen molar-refractivity contribution in [3.63, 3.8) is 0 Å². The minimum absolute atomic E-state index is 0.0523. The summed E-state index contributed by atoms with van der Waals surface area (Å²) in [6.07, 6.45) is 0.0907. The van der Waals surface area contributed by atoms with Crippen LogP contribution in [0.25, 0.3) is 0 Å². The highest BCUT2D eigenvalue weighted by atomic mass is 16.7. The van der Waals surface area contributed by atoms with Gasteiger partial charge in [-0.2, -0.15) is 0 Å². The van der Waals surface area contributed by atoms with Gasteiger partial charge in [-0.25, -0.2) is 5.01 Å². The molecule has 11 heteroatoms. The molecule has 3 aliphatic heterocycles. The number of methoxy groups -OCH3 is 1. The van der Waals surface area contributed by atoms with Crippen LogP contribution < -0.4 is 10.6 Å². The molecule has 0 spiro atoms. The molecule has 0 radical (unpaired) electrons. The number of esters is 1. The van der Waals surface area contributed by atoms with E-state index in [1.54, 1.807) is 30.3 Å². The monoisotopic (exact) mass is 458 g/mol. The lowest BCUT2D eigenvalue weighted by Gasteiger charge is -2.43. The second-order valence-electron chi connectivity index (χ2n) is 8.20. The van der Waals surface area contributed by atoms with Crippen LogP contribution in [-0.2, 0) is 28.7 Å². The van der Waals surface area contributed by atoms with Gasteiger partial charge in [0.15, 0.2) is 0 Å². The SMILES string of the molecule is COC1OC(=O)C[C@@H]1NC(=O)[C@@H]1CCCN2C(=O)CCC(NC(=O)c3ccccc3)C(=O)N12. The summed E-state index contributed by atoms with van der Waals surface area (Å²) in [4.78, 5) is 63.6. The van der Waals surface area contributed by atoms with Gasteiger partial charge in [-0.1, -0.05) is 18.2 Å². The quantitative estimate of drug-likeness (QED) is 0.580. The molecule has 176 valence electrons. The van der Waals surface area contributed by atoms with Crippen LogP contribution in [0.3, 0.4) is 0 Å². The van der Waals surface area contributed by atoms with Crippen LogP contribution >= 0.6 is 0 Å². The van der Waals surface area contributed by atoms with Gasteiger partial charge < -0.3 is 20.1 Å². The van der Waals surface area contributed by atoms with Crippen LogP contribution in [0, 0.1) is 0 Å². The molecular weight excluding hydrogens is 432 g/mol. The number of nitrogens with one attached hydrogen (secondary N) is 2. The maximum atomic E-state index is 13.5. The predicted molar refractivity (Wildman–Crippen MR) is 112 cm³/mol. The topological polar surface area (TPSA) is 134 Å². The van der Waals surface area contributed by atoms with Gasteiger partial charge in [0.25, 0.3) is 11.8 Å². The summed E-state index contributed by atoms with van der Waals surface area (Å²) in [6, 6.07) is 5.84. The Kier molecular flexibility index (Phi) is 6.59. The first-order chi connectivity index (χ1) is 15.9. The molecule has 4 amide bonds. The van der Waals surface area contributed by atoms with Crippen molar-refractivity contribution in [1.82, 2.24) is 20.7 Å². The molecule has 0 saturated carbocycles. The lowest BCUT2D eigenvalue weighted by molar-refractivity contribution is -0.177. The van der Waals surface area contributed by atoms with Crippen LogP contribution in [0.5, 0.6) is 0 Å². The third-order valence-electron chi connectivity index (χ3n) is 6.03. The molecule has 1 aromatic carbocycles. The Hall–Kier alpha value is -3.47. The Morgan fingerprint density at radius 1 is 1.09 bits per heavy atom. The summed E-state index contributed by atoms with van der Waals surface area (Å²) in [7, 11) is 1.36. The van der Waals surface area contributed by atoms with Crippen molar-refractivity contribution in [2.75, 3.05) is 13.7 Å². The zero-order chi connectivity index (χ0) is 23.5. The average Bonchev–Trinajstić information content (AvgIpc) is 3.14. The summed E-state index contributed by atoms with van der Waals surface area (Å²) in [5.74, 6) is -2.25. The number of nitrogens with zero attached hydrogens (tertiary/aromatic N) is 2. The minimum Gasteiger partial charge on any atom is -0.433 e. The van der Waals surface area contributed by atoms with Gasteiger partial charge in [0, 0.05) is 25.6 Å². The second kappa shape index (κ2) is 9.57. The Balaban J connectivity index is 1.53. The molecule has 0 bridgehead atoms. The summed E-state index contributed by atoms with van der Waals surface area (Å²) >= 11 is 0. The third-order valence-corrected chi connectivity index (χ3v) is 6.03. The highest BCUT2D eigenvalue weighted by molar-refractivity contribution is 5.99. The zero-order valence-electron chi connectivity index (χ0n) is 18.2. The van der Waals surface area contributed by atoms with E-state index in [1.807, 2.05) is 0 Å². The fraction of sp³-hybridized carbons (Fsp3) is 0.500. The van der Waals surface area contributed by atoms with Gasteiger partial charge >= 0.3 is 5.97 Å². The highest BCUT2D eigenvalue weighted by Crippen LogP contribution is 2.26. The number of carbonyl (C=O) groups excluding carboxylic acids is 5. The van der Waals surface area contributed by atoms with Gasteiger partial charge in [-0.3, -0.25) is 29.0 Å². The van der Waals surface area contributed by atoms with Crippen molar-refractivity contribution in [2.45, 2.75) is 56.5 Å². The number of cyclic esters (lactones) is 1. The van der Waals surface area contributed by atoms with Gasteiger partial charge in [0.2, 0.25) is 18.1 Å². The third kappa shape index (κ3) is 4.68. The van der Waals surface area contributed by atoms with Gasteiger partial charge in [0.1, 0.15) is 18.1 Å². The summed E-state index contributed by atoms with van der Waals surface area (Å²) < 4.78 is 10.1. The summed E-state index contributed by atoms with van der Waals surface area (Å²) in [5, 5.41) is 7.90. The van der Waals surface area contributed by atoms with E-state index >= 15 is 0 Å². The van der Waals surface area contributed by atoms with Gasteiger partial charge in [0.05, 0.1) is 6.42 Å². The van der Waals surface area contributed by atoms with Crippen molar-refractivity contribution in [1.29, 1.82) is 0 Å². The van der Waals surface area contributed by atoms with Crippen LogP contribution in [-0.4, -0.2) is 77.7 Å². The van der Waals surface area contributed by atoms with Crippen LogP contribution in [0.15, 0.2) is 30.3 Å². The Bertz CT molecular complexity index is 953. The minimum atomic E-state index is -0.961. The molecule has 3 saturated heterocycles. The molecule has 3 aliphatic rings. The van der Waals surface area contributed by atoms with Crippen LogP contribution in [0.4, 0.5) is 0 Å². The zero-order valence-corrected chi connectivity index (χ0v) is 18.2. The maximum absolute atomic E-state index is 13.5. The first kappa shape index (κ1) is 22.7. The highest BCUT2D eigenvalue weighted by Gasteiger charge is 2.46. The Morgan fingerprint density at radius 3 is 2.58 bits per heavy atom. The molecule has 11 nitrogen and oxygen atoms in total. The van der Waals surface area contributed by atoms with Crippen molar-refractivity contribution in [2.24, 2.45) is 0 Å². The first-order valence-electron chi connectivity index (χ1n) is 10.9. The van der Waals surface area contributed by atoms with Crippen molar-refractivity contribution in [3.8, 4) is 0 Å². The number of rotatable bonds is 5. The number of carbonyl (C=O) groups is 5. The van der Waals surface area contributed by atoms with E-state index in [2.05, 4.69) is 10.6 Å². The van der Waals surface area contributed by atoms with Gasteiger partial charge in [-0.05, 0) is 31.4 Å². The molecule has 0 aromatic heterocycles. The number of ether oxygens (including phenoxy) is 2. The molecule has 33 heavy (non-hydrogen) atoms. The van der Waals surface area contributed by atoms with Crippen LogP contribution in [0.2, 0.25) is 0 Å². The smallest absolute Gasteiger partial charge is 0.310 e. The number of fused-ring (bicyclic) bond motifs is 1. The van der Waals surface area contributed by atoms with E-state index in [9.17, 15) is 24.0 Å². The standard InChI is InChI=1S/C22H26N4O7/c1-32-22-15(12-18(28)33-22)24-20(30)16-8-5-11-25-17(27)10-9-14(21(31)26(16)25)23-19(29)13-6-3-2-4-7-13/h2-4,6-7,14-16,22H,5,8-12H2,1H3,(H,23,29)(H,24,30)/t14?,15-,16-,22?/m0/s1.